The van der Waals surface area contributed by atoms with Crippen molar-refractivity contribution in [3.8, 4) is 0 Å². The summed E-state index contributed by atoms with van der Waals surface area (Å²) in [6, 6.07) is 8.77. The first-order valence-corrected chi connectivity index (χ1v) is 10.9. The van der Waals surface area contributed by atoms with Gasteiger partial charge in [-0.1, -0.05) is 26.0 Å². The highest BCUT2D eigenvalue weighted by atomic mass is 16.4. The fourth-order valence-corrected chi connectivity index (χ4v) is 4.26. The molecule has 0 spiro atoms. The second kappa shape index (κ2) is 9.48. The van der Waals surface area contributed by atoms with E-state index in [-0.39, 0.29) is 51.3 Å². The number of carbonyl (C=O) groups excluding carboxylic acids is 4. The molecule has 172 valence electrons. The molecule has 2 N–H and O–H groups in total. The minimum absolute atomic E-state index is 0.0258. The summed E-state index contributed by atoms with van der Waals surface area (Å²) in [5.41, 5.74) is 1.10. The Labute approximate surface area is 192 Å². The molecule has 0 saturated heterocycles. The minimum Gasteiger partial charge on any atom is -0.478 e. The van der Waals surface area contributed by atoms with Crippen LogP contribution in [0.25, 0.3) is 0 Å². The molecule has 0 heterocycles. The van der Waals surface area contributed by atoms with Crippen molar-refractivity contribution in [2.75, 3.05) is 5.32 Å². The number of amides is 1. The number of aldehydes is 1. The van der Waals surface area contributed by atoms with E-state index in [0.717, 1.165) is 31.2 Å². The van der Waals surface area contributed by atoms with Gasteiger partial charge in [0.2, 0.25) is 5.78 Å². The summed E-state index contributed by atoms with van der Waals surface area (Å²) in [4.78, 5) is 59.8. The summed E-state index contributed by atoms with van der Waals surface area (Å²) in [6.07, 6.45) is 4.20. The number of carbonyl (C=O) groups is 5. The van der Waals surface area contributed by atoms with Crippen LogP contribution in [0.3, 0.4) is 0 Å². The van der Waals surface area contributed by atoms with Crippen LogP contribution in [-0.4, -0.2) is 34.8 Å². The van der Waals surface area contributed by atoms with E-state index in [1.54, 1.807) is 12.1 Å². The van der Waals surface area contributed by atoms with Gasteiger partial charge in [-0.05, 0) is 73.8 Å². The molecule has 1 saturated carbocycles. The highest BCUT2D eigenvalue weighted by Gasteiger charge is 2.28. The van der Waals surface area contributed by atoms with E-state index in [4.69, 9.17) is 0 Å². The first kappa shape index (κ1) is 24.0. The Morgan fingerprint density at radius 1 is 0.970 bits per heavy atom. The van der Waals surface area contributed by atoms with Crippen LogP contribution < -0.4 is 5.32 Å². The molecule has 0 unspecified atom stereocenters. The molecule has 7 nitrogen and oxygen atoms in total. The molecule has 2 aromatic rings. The molecule has 3 rings (SSSR count). The van der Waals surface area contributed by atoms with Crippen LogP contribution in [0, 0.1) is 5.41 Å². The lowest BCUT2D eigenvalue weighted by Crippen LogP contribution is -2.21. The van der Waals surface area contributed by atoms with E-state index in [0.29, 0.717) is 0 Å². The molecular weight excluding hydrogens is 422 g/mol. The van der Waals surface area contributed by atoms with E-state index in [1.807, 2.05) is 0 Å². The number of benzene rings is 2. The fraction of sp³-hybridized carbons (Fsp3) is 0.346. The van der Waals surface area contributed by atoms with Gasteiger partial charge in [-0.25, -0.2) is 4.79 Å². The Hall–Kier alpha value is -3.61. The first-order valence-electron chi connectivity index (χ1n) is 10.9. The number of Topliss-reactive ketones (excluding diaryl/α,β-unsaturated/α-hetero) is 2. The quantitative estimate of drug-likeness (QED) is 0.352. The second-order valence-electron chi connectivity index (χ2n) is 9.30. The number of hydrogen-bond donors (Lipinski definition) is 2. The van der Waals surface area contributed by atoms with Gasteiger partial charge >= 0.3 is 5.97 Å². The van der Waals surface area contributed by atoms with E-state index < -0.39 is 17.7 Å². The molecule has 1 fully saturated rings. The third-order valence-electron chi connectivity index (χ3n) is 6.38. The van der Waals surface area contributed by atoms with Crippen LogP contribution in [0.15, 0.2) is 36.4 Å². The van der Waals surface area contributed by atoms with Crippen molar-refractivity contribution in [3.63, 3.8) is 0 Å². The number of ketones is 2. The monoisotopic (exact) mass is 449 g/mol. The molecule has 1 aliphatic rings. The third-order valence-corrected chi connectivity index (χ3v) is 6.38. The molecule has 0 aromatic heterocycles. The minimum atomic E-state index is -1.32. The maximum atomic E-state index is 13.1. The van der Waals surface area contributed by atoms with Crippen LogP contribution in [0.4, 0.5) is 5.69 Å². The van der Waals surface area contributed by atoms with Crippen molar-refractivity contribution in [2.45, 2.75) is 52.4 Å². The van der Waals surface area contributed by atoms with E-state index in [1.165, 1.54) is 31.2 Å². The van der Waals surface area contributed by atoms with Crippen LogP contribution in [-0.2, 0) is 4.79 Å². The average Bonchev–Trinajstić information content (AvgIpc) is 2.78. The summed E-state index contributed by atoms with van der Waals surface area (Å²) in [7, 11) is 0. The normalized spacial score (nSPS) is 15.5. The van der Waals surface area contributed by atoms with Crippen molar-refractivity contribution in [3.05, 3.63) is 64.2 Å². The standard InChI is InChI=1S/C26H27NO6/c1-15(29)17-4-6-19(25(32)33)21(12-17)24(31)27-22-13-18(5-7-20(22)23(30)14-28)16-8-10-26(2,3)11-9-16/h4-7,12-14,16H,8-11H2,1-3H3,(H,27,31)(H,32,33). The predicted octanol–water partition coefficient (Wildman–Crippen LogP) is 4.91. The lowest BCUT2D eigenvalue weighted by atomic mass is 9.71. The van der Waals surface area contributed by atoms with Crippen molar-refractivity contribution in [2.24, 2.45) is 5.41 Å². The molecule has 0 radical (unpaired) electrons. The lowest BCUT2D eigenvalue weighted by molar-refractivity contribution is -0.104. The Morgan fingerprint density at radius 2 is 1.61 bits per heavy atom. The maximum absolute atomic E-state index is 13.1. The van der Waals surface area contributed by atoms with Gasteiger partial charge in [0.15, 0.2) is 12.1 Å². The Morgan fingerprint density at radius 3 is 2.18 bits per heavy atom. The smallest absolute Gasteiger partial charge is 0.336 e. The Bertz CT molecular complexity index is 1140. The molecule has 0 aliphatic heterocycles. The summed E-state index contributed by atoms with van der Waals surface area (Å²) >= 11 is 0. The van der Waals surface area contributed by atoms with Crippen molar-refractivity contribution < 1.29 is 29.1 Å². The third kappa shape index (κ3) is 5.42. The Kier molecular flexibility index (Phi) is 6.91. The summed E-state index contributed by atoms with van der Waals surface area (Å²) in [5, 5.41) is 12.1. The van der Waals surface area contributed by atoms with Gasteiger partial charge in [0.05, 0.1) is 16.8 Å². The number of anilines is 1. The first-order chi connectivity index (χ1) is 15.5. The molecule has 33 heavy (non-hydrogen) atoms. The highest BCUT2D eigenvalue weighted by molar-refractivity contribution is 6.35. The molecule has 0 atom stereocenters. The van der Waals surface area contributed by atoms with Crippen molar-refractivity contribution >= 4 is 35.4 Å². The average molecular weight is 450 g/mol. The molecular formula is C26H27NO6. The fourth-order valence-electron chi connectivity index (χ4n) is 4.26. The molecule has 0 bridgehead atoms. The summed E-state index contributed by atoms with van der Waals surface area (Å²) in [5.74, 6) is -2.96. The predicted molar refractivity (Wildman–Crippen MR) is 123 cm³/mol. The van der Waals surface area contributed by atoms with Gasteiger partial charge in [0.25, 0.3) is 5.91 Å². The van der Waals surface area contributed by atoms with Gasteiger partial charge in [0.1, 0.15) is 0 Å². The number of hydrogen-bond acceptors (Lipinski definition) is 5. The van der Waals surface area contributed by atoms with Crippen LogP contribution >= 0.6 is 0 Å². The number of nitrogens with one attached hydrogen (secondary N) is 1. The molecule has 2 aromatic carbocycles. The number of carboxylic acids is 1. The van der Waals surface area contributed by atoms with Gasteiger partial charge in [-0.15, -0.1) is 0 Å². The number of aromatic carboxylic acids is 1. The lowest BCUT2D eigenvalue weighted by Gasteiger charge is -2.34. The zero-order chi connectivity index (χ0) is 24.3. The number of carboxylic acid groups (broad SMARTS) is 1. The van der Waals surface area contributed by atoms with Gasteiger partial charge < -0.3 is 10.4 Å². The van der Waals surface area contributed by atoms with Gasteiger partial charge in [-0.3, -0.25) is 19.2 Å². The van der Waals surface area contributed by atoms with Crippen LogP contribution in [0.1, 0.15) is 99.4 Å². The van der Waals surface area contributed by atoms with E-state index in [2.05, 4.69) is 19.2 Å². The van der Waals surface area contributed by atoms with Gasteiger partial charge in [0, 0.05) is 11.1 Å². The second-order valence-corrected chi connectivity index (χ2v) is 9.30. The number of rotatable bonds is 7. The summed E-state index contributed by atoms with van der Waals surface area (Å²) in [6.45, 7) is 5.78. The maximum Gasteiger partial charge on any atom is 0.336 e. The zero-order valence-corrected chi connectivity index (χ0v) is 18.9. The van der Waals surface area contributed by atoms with Crippen molar-refractivity contribution in [1.82, 2.24) is 0 Å². The van der Waals surface area contributed by atoms with Crippen LogP contribution in [0.5, 0.6) is 0 Å². The topological polar surface area (TPSA) is 118 Å². The molecule has 7 heteroatoms. The highest BCUT2D eigenvalue weighted by Crippen LogP contribution is 2.43. The van der Waals surface area contributed by atoms with E-state index in [9.17, 15) is 29.1 Å². The summed E-state index contributed by atoms with van der Waals surface area (Å²) < 4.78 is 0. The van der Waals surface area contributed by atoms with Gasteiger partial charge in [-0.2, -0.15) is 0 Å². The largest absolute Gasteiger partial charge is 0.478 e. The SMILES string of the molecule is CC(=O)c1ccc(C(=O)O)c(C(=O)Nc2cc(C3CCC(C)(C)CC3)ccc2C(=O)C=O)c1. The molecule has 1 amide bonds. The molecule has 1 aliphatic carbocycles. The van der Waals surface area contributed by atoms with E-state index >= 15 is 0 Å². The zero-order valence-electron chi connectivity index (χ0n) is 18.9. The van der Waals surface area contributed by atoms with Crippen LogP contribution in [0.2, 0.25) is 0 Å². The Balaban J connectivity index is 1.99. The van der Waals surface area contributed by atoms with Crippen molar-refractivity contribution in [1.29, 1.82) is 0 Å².